The smallest absolute Gasteiger partial charge is 0.224 e. The predicted octanol–water partition coefficient (Wildman–Crippen LogP) is 4.24. The van der Waals surface area contributed by atoms with Crippen molar-refractivity contribution in [2.45, 2.75) is 18.2 Å². The number of amides is 1. The minimum atomic E-state index is -0.448. The van der Waals surface area contributed by atoms with Gasteiger partial charge < -0.3 is 5.32 Å². The molecular weight excluding hydrogens is 321 g/mol. The Kier molecular flexibility index (Phi) is 6.28. The number of nitrogens with one attached hydrogen (secondary N) is 1. The number of hydrogen-bond donors (Lipinski definition) is 1. The van der Waals surface area contributed by atoms with E-state index in [4.69, 9.17) is 11.6 Å². The van der Waals surface area contributed by atoms with Crippen molar-refractivity contribution in [2.24, 2.45) is 0 Å². The molecule has 0 fully saturated rings. The fraction of sp³-hybridized carbons (Fsp3) is 0.235. The quantitative estimate of drug-likeness (QED) is 0.631. The first-order valence-corrected chi connectivity index (χ1v) is 8.31. The molecule has 0 saturated carbocycles. The molecule has 0 aliphatic heterocycles. The van der Waals surface area contributed by atoms with Gasteiger partial charge in [0.25, 0.3) is 0 Å². The maximum atomic E-state index is 13.6. The molecule has 0 aliphatic rings. The van der Waals surface area contributed by atoms with Crippen LogP contribution in [0.25, 0.3) is 0 Å². The molecule has 2 aromatic rings. The van der Waals surface area contributed by atoms with Gasteiger partial charge in [-0.25, -0.2) is 4.39 Å². The summed E-state index contributed by atoms with van der Waals surface area (Å²) in [6.07, 6.45) is 0.0260. The molecule has 2 nitrogen and oxygen atoms in total. The van der Waals surface area contributed by atoms with Gasteiger partial charge in [0.2, 0.25) is 5.91 Å². The third-order valence-corrected chi connectivity index (χ3v) is 4.33. The lowest BCUT2D eigenvalue weighted by Crippen LogP contribution is -2.27. The molecule has 0 atom stereocenters. The lowest BCUT2D eigenvalue weighted by atomic mass is 10.1. The summed E-state index contributed by atoms with van der Waals surface area (Å²) in [7, 11) is 0. The first kappa shape index (κ1) is 16.8. The van der Waals surface area contributed by atoms with Crippen molar-refractivity contribution in [3.63, 3.8) is 0 Å². The van der Waals surface area contributed by atoms with Gasteiger partial charge in [0.15, 0.2) is 0 Å². The van der Waals surface area contributed by atoms with Crippen LogP contribution in [0.3, 0.4) is 0 Å². The molecule has 0 radical (unpaired) electrons. The molecule has 0 aliphatic carbocycles. The molecule has 0 saturated heterocycles. The van der Waals surface area contributed by atoms with Crippen LogP contribution in [-0.4, -0.2) is 18.2 Å². The molecule has 0 heterocycles. The Hall–Kier alpha value is -1.52. The van der Waals surface area contributed by atoms with E-state index < -0.39 is 5.82 Å². The molecule has 2 rings (SSSR count). The molecule has 0 bridgehead atoms. The van der Waals surface area contributed by atoms with E-state index in [0.717, 1.165) is 5.75 Å². The predicted molar refractivity (Wildman–Crippen MR) is 90.0 cm³/mol. The summed E-state index contributed by atoms with van der Waals surface area (Å²) in [4.78, 5) is 13.0. The Morgan fingerprint density at radius 3 is 2.64 bits per heavy atom. The third-order valence-electron chi connectivity index (χ3n) is 3.08. The standard InChI is InChI=1S/C17H17ClFNOS/c1-12-2-6-15(7-3-12)22-9-8-20-17(21)10-13-4-5-14(18)11-16(13)19/h2-7,11H,8-10H2,1H3,(H,20,21). The summed E-state index contributed by atoms with van der Waals surface area (Å²) in [5.41, 5.74) is 1.58. The topological polar surface area (TPSA) is 29.1 Å². The highest BCUT2D eigenvalue weighted by atomic mass is 35.5. The van der Waals surface area contributed by atoms with Crippen LogP contribution in [0.15, 0.2) is 47.4 Å². The van der Waals surface area contributed by atoms with E-state index in [9.17, 15) is 9.18 Å². The monoisotopic (exact) mass is 337 g/mol. The van der Waals surface area contributed by atoms with Crippen molar-refractivity contribution in [1.82, 2.24) is 5.32 Å². The number of benzene rings is 2. The summed E-state index contributed by atoms with van der Waals surface area (Å²) in [5.74, 6) is 0.139. The van der Waals surface area contributed by atoms with Gasteiger partial charge in [-0.2, -0.15) is 0 Å². The van der Waals surface area contributed by atoms with Crippen LogP contribution in [0.4, 0.5) is 4.39 Å². The van der Waals surface area contributed by atoms with Gasteiger partial charge >= 0.3 is 0 Å². The number of aryl methyl sites for hydroxylation is 1. The van der Waals surface area contributed by atoms with Crippen LogP contribution < -0.4 is 5.32 Å². The molecule has 5 heteroatoms. The molecule has 0 spiro atoms. The van der Waals surface area contributed by atoms with Gasteiger partial charge in [-0.1, -0.05) is 35.4 Å². The molecule has 1 N–H and O–H groups in total. The van der Waals surface area contributed by atoms with Crippen LogP contribution in [0.1, 0.15) is 11.1 Å². The zero-order valence-electron chi connectivity index (χ0n) is 12.2. The highest BCUT2D eigenvalue weighted by molar-refractivity contribution is 7.99. The fourth-order valence-corrected chi connectivity index (χ4v) is 2.82. The Morgan fingerprint density at radius 2 is 1.95 bits per heavy atom. The number of thioether (sulfide) groups is 1. The van der Waals surface area contributed by atoms with E-state index in [2.05, 4.69) is 29.6 Å². The average Bonchev–Trinajstić information content (AvgIpc) is 2.48. The van der Waals surface area contributed by atoms with Crippen molar-refractivity contribution in [1.29, 1.82) is 0 Å². The summed E-state index contributed by atoms with van der Waals surface area (Å²) in [6, 6.07) is 12.6. The first-order chi connectivity index (χ1) is 10.5. The number of rotatable bonds is 6. The van der Waals surface area contributed by atoms with Crippen molar-refractivity contribution < 1.29 is 9.18 Å². The van der Waals surface area contributed by atoms with Crippen LogP contribution in [0.2, 0.25) is 5.02 Å². The maximum absolute atomic E-state index is 13.6. The molecule has 22 heavy (non-hydrogen) atoms. The Balaban J connectivity index is 1.72. The number of carbonyl (C=O) groups is 1. The fourth-order valence-electron chi connectivity index (χ4n) is 1.89. The summed E-state index contributed by atoms with van der Waals surface area (Å²) >= 11 is 7.36. The third kappa shape index (κ3) is 5.35. The van der Waals surface area contributed by atoms with Crippen LogP contribution >= 0.6 is 23.4 Å². The number of halogens is 2. The Labute approximate surface area is 139 Å². The van der Waals surface area contributed by atoms with Gasteiger partial charge in [-0.3, -0.25) is 4.79 Å². The summed E-state index contributed by atoms with van der Waals surface area (Å²) in [5, 5.41) is 3.12. The SMILES string of the molecule is Cc1ccc(SCCNC(=O)Cc2ccc(Cl)cc2F)cc1. The molecule has 0 unspecified atom stereocenters. The second kappa shape index (κ2) is 8.20. The molecule has 1 amide bonds. The van der Waals surface area contributed by atoms with Crippen molar-refractivity contribution in [2.75, 3.05) is 12.3 Å². The van der Waals surface area contributed by atoms with Crippen LogP contribution in [0.5, 0.6) is 0 Å². The Bertz CT molecular complexity index is 646. The lowest BCUT2D eigenvalue weighted by molar-refractivity contribution is -0.120. The van der Waals surface area contributed by atoms with Gasteiger partial charge in [-0.05, 0) is 36.8 Å². The molecule has 2 aromatic carbocycles. The lowest BCUT2D eigenvalue weighted by Gasteiger charge is -2.06. The minimum absolute atomic E-state index is 0.0260. The zero-order chi connectivity index (χ0) is 15.9. The van der Waals surface area contributed by atoms with Crippen molar-refractivity contribution in [3.8, 4) is 0 Å². The van der Waals surface area contributed by atoms with E-state index in [1.54, 1.807) is 17.8 Å². The van der Waals surface area contributed by atoms with E-state index in [1.807, 2.05) is 6.92 Å². The Morgan fingerprint density at radius 1 is 1.23 bits per heavy atom. The van der Waals surface area contributed by atoms with Gasteiger partial charge in [-0.15, -0.1) is 11.8 Å². The largest absolute Gasteiger partial charge is 0.355 e. The summed E-state index contributed by atoms with van der Waals surface area (Å²) in [6.45, 7) is 2.59. The van der Waals surface area contributed by atoms with Crippen LogP contribution in [-0.2, 0) is 11.2 Å². The normalized spacial score (nSPS) is 10.5. The first-order valence-electron chi connectivity index (χ1n) is 6.94. The van der Waals surface area contributed by atoms with Gasteiger partial charge in [0, 0.05) is 22.2 Å². The minimum Gasteiger partial charge on any atom is -0.355 e. The van der Waals surface area contributed by atoms with E-state index in [1.165, 1.54) is 22.6 Å². The maximum Gasteiger partial charge on any atom is 0.224 e. The van der Waals surface area contributed by atoms with Gasteiger partial charge in [0.05, 0.1) is 6.42 Å². The molecular formula is C17H17ClFNOS. The zero-order valence-corrected chi connectivity index (χ0v) is 13.8. The van der Waals surface area contributed by atoms with Crippen molar-refractivity contribution in [3.05, 3.63) is 64.4 Å². The van der Waals surface area contributed by atoms with Crippen molar-refractivity contribution >= 4 is 29.3 Å². The second-order valence-corrected chi connectivity index (χ2v) is 6.53. The van der Waals surface area contributed by atoms with E-state index in [0.29, 0.717) is 17.1 Å². The molecule has 0 aromatic heterocycles. The summed E-state index contributed by atoms with van der Waals surface area (Å²) < 4.78 is 13.6. The highest BCUT2D eigenvalue weighted by Crippen LogP contribution is 2.17. The molecule has 116 valence electrons. The second-order valence-electron chi connectivity index (χ2n) is 4.92. The highest BCUT2D eigenvalue weighted by Gasteiger charge is 2.08. The van der Waals surface area contributed by atoms with Gasteiger partial charge in [0.1, 0.15) is 5.82 Å². The average molecular weight is 338 g/mol. The van der Waals surface area contributed by atoms with E-state index in [-0.39, 0.29) is 12.3 Å². The van der Waals surface area contributed by atoms with E-state index >= 15 is 0 Å². The van der Waals surface area contributed by atoms with Crippen LogP contribution in [0, 0.1) is 12.7 Å². The number of carbonyl (C=O) groups excluding carboxylic acids is 1. The number of hydrogen-bond acceptors (Lipinski definition) is 2.